The van der Waals surface area contributed by atoms with E-state index in [1.54, 1.807) is 18.2 Å². The van der Waals surface area contributed by atoms with E-state index in [1.807, 2.05) is 60.7 Å². The summed E-state index contributed by atoms with van der Waals surface area (Å²) in [6.45, 7) is -0.409. The van der Waals surface area contributed by atoms with Crippen LogP contribution in [0.1, 0.15) is 11.1 Å². The van der Waals surface area contributed by atoms with Gasteiger partial charge in [-0.2, -0.15) is 4.72 Å². The normalized spacial score (nSPS) is 11.2. The van der Waals surface area contributed by atoms with E-state index < -0.39 is 22.5 Å². The number of rotatable bonds is 7. The summed E-state index contributed by atoms with van der Waals surface area (Å²) in [5, 5.41) is 0. The molecule has 0 saturated carbocycles. The molecule has 0 spiro atoms. The molecule has 0 aliphatic heterocycles. The first-order valence-electron chi connectivity index (χ1n) is 8.78. The van der Waals surface area contributed by atoms with Gasteiger partial charge in [0.15, 0.2) is 0 Å². The minimum Gasteiger partial charge on any atom is -0.468 e. The summed E-state index contributed by atoms with van der Waals surface area (Å²) in [7, 11) is -2.62. The molecule has 0 atom stereocenters. The molecule has 144 valence electrons. The van der Waals surface area contributed by atoms with Crippen LogP contribution in [-0.2, 0) is 26.0 Å². The van der Waals surface area contributed by atoms with Crippen LogP contribution in [0.15, 0.2) is 83.8 Å². The van der Waals surface area contributed by atoms with Gasteiger partial charge >= 0.3 is 5.97 Å². The molecule has 0 unspecified atom stereocenters. The van der Waals surface area contributed by atoms with Gasteiger partial charge in [0.05, 0.1) is 12.0 Å². The highest BCUT2D eigenvalue weighted by Crippen LogP contribution is 2.28. The number of hydrogen-bond donors (Lipinski definition) is 1. The second kappa shape index (κ2) is 8.82. The van der Waals surface area contributed by atoms with Gasteiger partial charge in [-0.15, -0.1) is 0 Å². The first-order chi connectivity index (χ1) is 13.5. The van der Waals surface area contributed by atoms with Gasteiger partial charge < -0.3 is 4.74 Å². The molecule has 0 bridgehead atoms. The quantitative estimate of drug-likeness (QED) is 0.623. The molecule has 28 heavy (non-hydrogen) atoms. The number of ether oxygens (including phenoxy) is 1. The molecule has 0 amide bonds. The lowest BCUT2D eigenvalue weighted by atomic mass is 9.95. The standard InChI is InChI=1S/C22H21NO4S/c1-27-22(24)16-23-28(25,26)20-12-13-21(18-10-6-3-7-11-18)19(15-20)14-17-8-4-2-5-9-17/h2-13,15,23H,14,16H2,1H3. The molecule has 0 aliphatic rings. The zero-order chi connectivity index (χ0) is 20.0. The summed E-state index contributed by atoms with van der Waals surface area (Å²) in [5.74, 6) is -0.644. The Hall–Kier alpha value is -2.96. The van der Waals surface area contributed by atoms with Gasteiger partial charge in [0.1, 0.15) is 6.54 Å². The Balaban J connectivity index is 2.00. The largest absolute Gasteiger partial charge is 0.468 e. The fraction of sp³-hybridized carbons (Fsp3) is 0.136. The van der Waals surface area contributed by atoms with Crippen molar-refractivity contribution in [2.45, 2.75) is 11.3 Å². The van der Waals surface area contributed by atoms with Crippen LogP contribution >= 0.6 is 0 Å². The number of carbonyl (C=O) groups is 1. The van der Waals surface area contributed by atoms with Gasteiger partial charge in [-0.05, 0) is 40.8 Å². The summed E-state index contributed by atoms with van der Waals surface area (Å²) in [4.78, 5) is 11.4. The van der Waals surface area contributed by atoms with Crippen LogP contribution in [0.25, 0.3) is 11.1 Å². The van der Waals surface area contributed by atoms with Crippen LogP contribution in [0.2, 0.25) is 0 Å². The molecule has 3 rings (SSSR count). The topological polar surface area (TPSA) is 72.5 Å². The van der Waals surface area contributed by atoms with Gasteiger partial charge in [0, 0.05) is 0 Å². The lowest BCUT2D eigenvalue weighted by molar-refractivity contribution is -0.139. The maximum Gasteiger partial charge on any atom is 0.320 e. The second-order valence-corrected chi connectivity index (χ2v) is 8.01. The number of carbonyl (C=O) groups excluding carboxylic acids is 1. The van der Waals surface area contributed by atoms with Gasteiger partial charge in [-0.1, -0.05) is 66.7 Å². The second-order valence-electron chi connectivity index (χ2n) is 6.25. The van der Waals surface area contributed by atoms with Crippen LogP contribution < -0.4 is 4.72 Å². The monoisotopic (exact) mass is 395 g/mol. The van der Waals surface area contributed by atoms with Crippen LogP contribution in [0, 0.1) is 0 Å². The average Bonchev–Trinajstić information content (AvgIpc) is 2.73. The lowest BCUT2D eigenvalue weighted by Gasteiger charge is -2.13. The van der Waals surface area contributed by atoms with E-state index in [9.17, 15) is 13.2 Å². The summed E-state index contributed by atoms with van der Waals surface area (Å²) >= 11 is 0. The molecule has 1 N–H and O–H groups in total. The van der Waals surface area contributed by atoms with Crippen molar-refractivity contribution in [2.24, 2.45) is 0 Å². The third-order valence-electron chi connectivity index (χ3n) is 4.34. The van der Waals surface area contributed by atoms with E-state index in [1.165, 1.54) is 7.11 Å². The van der Waals surface area contributed by atoms with Crippen LogP contribution in [0.3, 0.4) is 0 Å². The minimum atomic E-state index is -3.83. The Morgan fingerprint density at radius 3 is 2.21 bits per heavy atom. The molecule has 3 aromatic rings. The highest BCUT2D eigenvalue weighted by molar-refractivity contribution is 7.89. The van der Waals surface area contributed by atoms with E-state index in [0.29, 0.717) is 6.42 Å². The average molecular weight is 395 g/mol. The van der Waals surface area contributed by atoms with Crippen molar-refractivity contribution in [1.29, 1.82) is 0 Å². The summed E-state index contributed by atoms with van der Waals surface area (Å²) in [6, 6.07) is 24.7. The van der Waals surface area contributed by atoms with Gasteiger partial charge in [-0.25, -0.2) is 8.42 Å². The fourth-order valence-electron chi connectivity index (χ4n) is 2.91. The first kappa shape index (κ1) is 19.8. The van der Waals surface area contributed by atoms with Gasteiger partial charge in [0.25, 0.3) is 0 Å². The first-order valence-corrected chi connectivity index (χ1v) is 10.3. The molecular weight excluding hydrogens is 374 g/mol. The molecule has 5 nitrogen and oxygen atoms in total. The van der Waals surface area contributed by atoms with E-state index >= 15 is 0 Å². The molecule has 3 aromatic carbocycles. The molecule has 0 fully saturated rings. The Labute approximate surface area is 165 Å². The molecule has 0 saturated heterocycles. The van der Waals surface area contributed by atoms with E-state index in [4.69, 9.17) is 0 Å². The maximum atomic E-state index is 12.6. The molecule has 0 aliphatic carbocycles. The van der Waals surface area contributed by atoms with Gasteiger partial charge in [0.2, 0.25) is 10.0 Å². The zero-order valence-electron chi connectivity index (χ0n) is 15.5. The SMILES string of the molecule is COC(=O)CNS(=O)(=O)c1ccc(-c2ccccc2)c(Cc2ccccc2)c1. The number of nitrogens with one attached hydrogen (secondary N) is 1. The minimum absolute atomic E-state index is 0.113. The third kappa shape index (κ3) is 4.85. The van der Waals surface area contributed by atoms with E-state index in [-0.39, 0.29) is 4.90 Å². The number of esters is 1. The Morgan fingerprint density at radius 2 is 1.57 bits per heavy atom. The predicted molar refractivity (Wildman–Crippen MR) is 108 cm³/mol. The van der Waals surface area contributed by atoms with E-state index in [2.05, 4.69) is 9.46 Å². The Kier molecular flexibility index (Phi) is 6.23. The lowest BCUT2D eigenvalue weighted by Crippen LogP contribution is -2.30. The smallest absolute Gasteiger partial charge is 0.320 e. The van der Waals surface area contributed by atoms with E-state index in [0.717, 1.165) is 22.3 Å². The number of methoxy groups -OCH3 is 1. The number of hydrogen-bond acceptors (Lipinski definition) is 4. The number of sulfonamides is 1. The van der Waals surface area contributed by atoms with Gasteiger partial charge in [-0.3, -0.25) is 4.79 Å². The number of benzene rings is 3. The third-order valence-corrected chi connectivity index (χ3v) is 5.74. The van der Waals surface area contributed by atoms with Crippen molar-refractivity contribution < 1.29 is 17.9 Å². The summed E-state index contributed by atoms with van der Waals surface area (Å²) in [6.07, 6.45) is 0.589. The fourth-order valence-corrected chi connectivity index (χ4v) is 3.93. The molecule has 6 heteroatoms. The van der Waals surface area contributed by atoms with Crippen LogP contribution in [-0.4, -0.2) is 28.0 Å². The molecule has 0 aromatic heterocycles. The van der Waals surface area contributed by atoms with Crippen molar-refractivity contribution in [3.05, 3.63) is 90.0 Å². The highest BCUT2D eigenvalue weighted by atomic mass is 32.2. The van der Waals surface area contributed by atoms with Crippen molar-refractivity contribution in [1.82, 2.24) is 4.72 Å². The van der Waals surface area contributed by atoms with Crippen LogP contribution in [0.5, 0.6) is 0 Å². The maximum absolute atomic E-state index is 12.6. The molecule has 0 heterocycles. The van der Waals surface area contributed by atoms with Crippen molar-refractivity contribution in [2.75, 3.05) is 13.7 Å². The zero-order valence-corrected chi connectivity index (χ0v) is 16.3. The Bertz CT molecular complexity index is 1050. The molecule has 0 radical (unpaired) electrons. The Morgan fingerprint density at radius 1 is 0.929 bits per heavy atom. The van der Waals surface area contributed by atoms with Crippen LogP contribution in [0.4, 0.5) is 0 Å². The summed E-state index contributed by atoms with van der Waals surface area (Å²) < 4.78 is 31.9. The molecular formula is C22H21NO4S. The summed E-state index contributed by atoms with van der Waals surface area (Å²) in [5.41, 5.74) is 3.95. The van der Waals surface area contributed by atoms with Crippen molar-refractivity contribution >= 4 is 16.0 Å². The predicted octanol–water partition coefficient (Wildman–Crippen LogP) is 3.40. The van der Waals surface area contributed by atoms with Crippen molar-refractivity contribution in [3.8, 4) is 11.1 Å². The van der Waals surface area contributed by atoms with Crippen molar-refractivity contribution in [3.63, 3.8) is 0 Å². The highest BCUT2D eigenvalue weighted by Gasteiger charge is 2.18.